The summed E-state index contributed by atoms with van der Waals surface area (Å²) in [5.74, 6) is -1.30. The van der Waals surface area contributed by atoms with Gasteiger partial charge in [-0.25, -0.2) is 17.8 Å². The van der Waals surface area contributed by atoms with E-state index in [1.807, 2.05) is 36.6 Å². The summed E-state index contributed by atoms with van der Waals surface area (Å²) in [6.45, 7) is 2.13. The summed E-state index contributed by atoms with van der Waals surface area (Å²) in [4.78, 5) is 20.5. The van der Waals surface area contributed by atoms with Crippen LogP contribution in [0.4, 0.5) is 9.52 Å². The summed E-state index contributed by atoms with van der Waals surface area (Å²) in [5, 5.41) is 6.04. The second kappa shape index (κ2) is 8.36. The maximum absolute atomic E-state index is 14.2. The van der Waals surface area contributed by atoms with E-state index < -0.39 is 32.7 Å². The molecular formula is C23H21FN4O3S2. The Hall–Kier alpha value is -3.08. The molecule has 0 saturated carbocycles. The lowest BCUT2D eigenvalue weighted by molar-refractivity contribution is -0.119. The van der Waals surface area contributed by atoms with E-state index in [0.717, 1.165) is 38.2 Å². The van der Waals surface area contributed by atoms with Gasteiger partial charge in [-0.15, -0.1) is 11.3 Å². The number of nitrogens with zero attached hydrogens (tertiary/aromatic N) is 2. The van der Waals surface area contributed by atoms with Crippen LogP contribution < -0.4 is 5.32 Å². The van der Waals surface area contributed by atoms with Crippen molar-refractivity contribution in [1.29, 1.82) is 0 Å². The number of H-pyrrole nitrogens is 1. The van der Waals surface area contributed by atoms with Crippen LogP contribution in [0, 0.1) is 12.7 Å². The van der Waals surface area contributed by atoms with E-state index >= 15 is 0 Å². The number of thiazole rings is 1. The third-order valence-electron chi connectivity index (χ3n) is 5.81. The number of anilines is 1. The second-order valence-electron chi connectivity index (χ2n) is 7.90. The Morgan fingerprint density at radius 3 is 2.79 bits per heavy atom. The summed E-state index contributed by atoms with van der Waals surface area (Å²) >= 11 is 1.27. The van der Waals surface area contributed by atoms with Crippen molar-refractivity contribution in [3.05, 3.63) is 65.4 Å². The number of para-hydroxylation sites is 1. The van der Waals surface area contributed by atoms with Crippen LogP contribution in [0.25, 0.3) is 22.2 Å². The number of carbonyl (C=O) groups is 1. The Labute approximate surface area is 194 Å². The molecule has 0 radical (unpaired) electrons. The normalized spacial score (nSPS) is 17.0. The second-order valence-corrected chi connectivity index (χ2v) is 10.6. The molecule has 1 unspecified atom stereocenters. The van der Waals surface area contributed by atoms with E-state index in [9.17, 15) is 17.6 Å². The Morgan fingerprint density at radius 2 is 1.97 bits per heavy atom. The molecule has 1 saturated heterocycles. The first kappa shape index (κ1) is 21.7. The van der Waals surface area contributed by atoms with Crippen LogP contribution in [0.3, 0.4) is 0 Å². The number of aromatic nitrogens is 2. The molecule has 0 bridgehead atoms. The average Bonchev–Trinajstić information content (AvgIpc) is 3.51. The summed E-state index contributed by atoms with van der Waals surface area (Å²) < 4.78 is 41.3. The highest BCUT2D eigenvalue weighted by Gasteiger charge is 2.40. The molecule has 4 aromatic rings. The number of aryl methyl sites for hydroxylation is 1. The van der Waals surface area contributed by atoms with Crippen molar-refractivity contribution in [1.82, 2.24) is 14.3 Å². The molecular weight excluding hydrogens is 463 g/mol. The lowest BCUT2D eigenvalue weighted by atomic mass is 10.1. The summed E-state index contributed by atoms with van der Waals surface area (Å²) in [5.41, 5.74) is 3.67. The van der Waals surface area contributed by atoms with Gasteiger partial charge >= 0.3 is 0 Å². The van der Waals surface area contributed by atoms with Gasteiger partial charge in [-0.3, -0.25) is 4.79 Å². The van der Waals surface area contributed by atoms with Crippen LogP contribution in [-0.4, -0.2) is 41.2 Å². The van der Waals surface area contributed by atoms with Crippen LogP contribution in [-0.2, 0) is 14.8 Å². The highest BCUT2D eigenvalue weighted by Crippen LogP contribution is 2.34. The Kier molecular flexibility index (Phi) is 5.51. The van der Waals surface area contributed by atoms with Gasteiger partial charge < -0.3 is 10.3 Å². The molecule has 1 atom stereocenters. The zero-order chi connectivity index (χ0) is 23.2. The van der Waals surface area contributed by atoms with Gasteiger partial charge in [0.05, 0.1) is 5.69 Å². The zero-order valence-electron chi connectivity index (χ0n) is 17.7. The standard InChI is InChI=1S/C23H21FN4O3S2/c1-14-21(15-7-2-4-9-17(15)25-14)18-13-32-23(26-18)27-22(29)19-10-6-12-28(19)33(30,31)20-11-5-3-8-16(20)24/h2-5,7-9,11,13,19,25H,6,10,12H2,1H3,(H,26,27,29). The fourth-order valence-corrected chi connectivity index (χ4v) is 6.74. The van der Waals surface area contributed by atoms with Gasteiger partial charge in [0.25, 0.3) is 0 Å². The van der Waals surface area contributed by atoms with Crippen molar-refractivity contribution < 1.29 is 17.6 Å². The number of halogens is 1. The molecule has 10 heteroatoms. The topological polar surface area (TPSA) is 95.2 Å². The molecule has 2 aromatic heterocycles. The van der Waals surface area contributed by atoms with Gasteiger partial charge in [0.1, 0.15) is 16.8 Å². The van der Waals surface area contributed by atoms with Gasteiger partial charge in [-0.1, -0.05) is 30.3 Å². The number of aromatic amines is 1. The quantitative estimate of drug-likeness (QED) is 0.435. The number of carbonyl (C=O) groups excluding carboxylic acids is 1. The molecule has 0 spiro atoms. The maximum Gasteiger partial charge on any atom is 0.246 e. The monoisotopic (exact) mass is 484 g/mol. The molecule has 0 aliphatic carbocycles. The number of hydrogen-bond acceptors (Lipinski definition) is 5. The third-order valence-corrected chi connectivity index (χ3v) is 8.51. The van der Waals surface area contributed by atoms with E-state index in [4.69, 9.17) is 0 Å². The minimum atomic E-state index is -4.14. The first-order valence-electron chi connectivity index (χ1n) is 10.5. The molecule has 5 rings (SSSR count). The van der Waals surface area contributed by atoms with Crippen molar-refractivity contribution in [3.63, 3.8) is 0 Å². The molecule has 2 N–H and O–H groups in total. The van der Waals surface area contributed by atoms with Crippen molar-refractivity contribution >= 4 is 43.3 Å². The van der Waals surface area contributed by atoms with Crippen LogP contribution in [0.1, 0.15) is 18.5 Å². The van der Waals surface area contributed by atoms with Crippen LogP contribution >= 0.6 is 11.3 Å². The largest absolute Gasteiger partial charge is 0.358 e. The highest BCUT2D eigenvalue weighted by atomic mass is 32.2. The average molecular weight is 485 g/mol. The van der Waals surface area contributed by atoms with E-state index in [1.165, 1.54) is 29.5 Å². The van der Waals surface area contributed by atoms with Crippen molar-refractivity contribution in [2.75, 3.05) is 11.9 Å². The molecule has 7 nitrogen and oxygen atoms in total. The van der Waals surface area contributed by atoms with E-state index in [0.29, 0.717) is 18.0 Å². The molecule has 33 heavy (non-hydrogen) atoms. The zero-order valence-corrected chi connectivity index (χ0v) is 19.3. The van der Waals surface area contributed by atoms with Gasteiger partial charge in [0, 0.05) is 34.1 Å². The summed E-state index contributed by atoms with van der Waals surface area (Å²) in [6.07, 6.45) is 0.878. The molecule has 1 amide bonds. The predicted octanol–water partition coefficient (Wildman–Crippen LogP) is 4.53. The first-order chi connectivity index (χ1) is 15.9. The number of rotatable bonds is 5. The molecule has 170 valence electrons. The van der Waals surface area contributed by atoms with Crippen molar-refractivity contribution in [2.24, 2.45) is 0 Å². The Bertz CT molecular complexity index is 1460. The van der Waals surface area contributed by atoms with Gasteiger partial charge in [-0.05, 0) is 38.0 Å². The van der Waals surface area contributed by atoms with Gasteiger partial charge in [0.2, 0.25) is 15.9 Å². The highest BCUT2D eigenvalue weighted by molar-refractivity contribution is 7.89. The molecule has 1 aliphatic heterocycles. The van der Waals surface area contributed by atoms with Crippen LogP contribution in [0.15, 0.2) is 58.8 Å². The number of benzene rings is 2. The Morgan fingerprint density at radius 1 is 1.21 bits per heavy atom. The molecule has 1 aliphatic rings. The number of hydrogen-bond donors (Lipinski definition) is 2. The van der Waals surface area contributed by atoms with Gasteiger partial charge in [-0.2, -0.15) is 4.31 Å². The smallest absolute Gasteiger partial charge is 0.246 e. The first-order valence-corrected chi connectivity index (χ1v) is 12.8. The molecule has 3 heterocycles. The van der Waals surface area contributed by atoms with E-state index in [2.05, 4.69) is 15.3 Å². The van der Waals surface area contributed by atoms with Crippen LogP contribution in [0.5, 0.6) is 0 Å². The van der Waals surface area contributed by atoms with Crippen molar-refractivity contribution in [3.8, 4) is 11.3 Å². The lowest BCUT2D eigenvalue weighted by Crippen LogP contribution is -2.43. The van der Waals surface area contributed by atoms with E-state index in [1.54, 1.807) is 0 Å². The number of amides is 1. The van der Waals surface area contributed by atoms with Gasteiger partial charge in [0.15, 0.2) is 5.13 Å². The predicted molar refractivity (Wildman–Crippen MR) is 126 cm³/mol. The molecule has 2 aromatic carbocycles. The van der Waals surface area contributed by atoms with Crippen LogP contribution in [0.2, 0.25) is 0 Å². The minimum absolute atomic E-state index is 0.159. The SMILES string of the molecule is Cc1[nH]c2ccccc2c1-c1csc(NC(=O)C2CCCN2S(=O)(=O)c2ccccc2F)n1. The fraction of sp³-hybridized carbons (Fsp3) is 0.217. The lowest BCUT2D eigenvalue weighted by Gasteiger charge is -2.23. The summed E-state index contributed by atoms with van der Waals surface area (Å²) in [7, 11) is -4.14. The third kappa shape index (κ3) is 3.84. The number of sulfonamides is 1. The van der Waals surface area contributed by atoms with Crippen molar-refractivity contribution in [2.45, 2.75) is 30.7 Å². The van der Waals surface area contributed by atoms with E-state index in [-0.39, 0.29) is 6.54 Å². The molecule has 1 fully saturated rings. The Balaban J connectivity index is 1.38. The maximum atomic E-state index is 14.2. The fourth-order valence-electron chi connectivity index (χ4n) is 4.31. The summed E-state index contributed by atoms with van der Waals surface area (Å²) in [6, 6.07) is 12.2. The number of fused-ring (bicyclic) bond motifs is 1. The number of nitrogens with one attached hydrogen (secondary N) is 2. The minimum Gasteiger partial charge on any atom is -0.358 e.